The summed E-state index contributed by atoms with van der Waals surface area (Å²) in [7, 11) is 0. The number of hydrogen-bond donors (Lipinski definition) is 0. The normalized spacial score (nSPS) is 9.94. The van der Waals surface area contributed by atoms with Gasteiger partial charge in [0.15, 0.2) is 0 Å². The van der Waals surface area contributed by atoms with Crippen LogP contribution < -0.4 is 0 Å². The van der Waals surface area contributed by atoms with Crippen LogP contribution in [0, 0.1) is 17.1 Å². The first-order valence-electron chi connectivity index (χ1n) is 4.98. The highest BCUT2D eigenvalue weighted by molar-refractivity contribution is 6.30. The van der Waals surface area contributed by atoms with E-state index in [1.807, 2.05) is 6.07 Å². The molecule has 4 heteroatoms. The molecule has 0 atom stereocenters. The van der Waals surface area contributed by atoms with Crippen LogP contribution in [-0.2, 0) is 6.42 Å². The minimum Gasteiger partial charge on any atom is -0.254 e. The molecule has 0 amide bonds. The lowest BCUT2D eigenvalue weighted by Gasteiger charge is -2.07. The summed E-state index contributed by atoms with van der Waals surface area (Å²) in [5, 5.41) is 9.18. The van der Waals surface area contributed by atoms with Crippen molar-refractivity contribution >= 4 is 11.6 Å². The molecule has 2 rings (SSSR count). The first-order valence-corrected chi connectivity index (χ1v) is 5.36. The van der Waals surface area contributed by atoms with Crippen molar-refractivity contribution in [3.05, 3.63) is 52.9 Å². The number of pyridine rings is 1. The number of benzene rings is 1. The molecule has 17 heavy (non-hydrogen) atoms. The zero-order chi connectivity index (χ0) is 12.3. The van der Waals surface area contributed by atoms with Gasteiger partial charge in [0.25, 0.3) is 0 Å². The second-order valence-corrected chi connectivity index (χ2v) is 3.91. The van der Waals surface area contributed by atoms with Crippen LogP contribution in [0.1, 0.15) is 5.56 Å². The van der Waals surface area contributed by atoms with Crippen LogP contribution in [0.3, 0.4) is 0 Å². The van der Waals surface area contributed by atoms with Gasteiger partial charge in [0.1, 0.15) is 5.82 Å². The van der Waals surface area contributed by atoms with Gasteiger partial charge < -0.3 is 0 Å². The van der Waals surface area contributed by atoms with Gasteiger partial charge >= 0.3 is 0 Å². The third-order valence-electron chi connectivity index (χ3n) is 2.33. The molecule has 1 aromatic carbocycles. The molecule has 0 aliphatic heterocycles. The topological polar surface area (TPSA) is 36.7 Å². The molecule has 0 saturated carbocycles. The quantitative estimate of drug-likeness (QED) is 0.812. The van der Waals surface area contributed by atoms with Gasteiger partial charge in [0, 0.05) is 11.8 Å². The van der Waals surface area contributed by atoms with Crippen molar-refractivity contribution in [1.29, 1.82) is 5.26 Å². The zero-order valence-corrected chi connectivity index (χ0v) is 9.58. The van der Waals surface area contributed by atoms with Gasteiger partial charge in [-0.15, -0.1) is 0 Å². The molecule has 0 N–H and O–H groups in total. The molecule has 0 saturated heterocycles. The summed E-state index contributed by atoms with van der Waals surface area (Å²) in [6.07, 6.45) is 1.60. The molecule has 0 aliphatic carbocycles. The molecule has 0 fully saturated rings. The molecule has 84 valence electrons. The predicted molar refractivity (Wildman–Crippen MR) is 64.0 cm³/mol. The van der Waals surface area contributed by atoms with Crippen LogP contribution in [0.15, 0.2) is 36.5 Å². The van der Waals surface area contributed by atoms with Gasteiger partial charge in [0.2, 0.25) is 0 Å². The molecule has 1 heterocycles. The molecule has 0 unspecified atom stereocenters. The van der Waals surface area contributed by atoms with Crippen molar-refractivity contribution in [3.63, 3.8) is 0 Å². The predicted octanol–water partition coefficient (Wildman–Crippen LogP) is 3.61. The Morgan fingerprint density at radius 2 is 2.12 bits per heavy atom. The van der Waals surface area contributed by atoms with E-state index in [2.05, 4.69) is 4.98 Å². The molecule has 0 radical (unpaired) electrons. The van der Waals surface area contributed by atoms with Gasteiger partial charge in [-0.1, -0.05) is 23.7 Å². The minimum absolute atomic E-state index is 0.150. The number of nitriles is 1. The van der Waals surface area contributed by atoms with E-state index in [-0.39, 0.29) is 12.2 Å². The molecule has 0 spiro atoms. The molecule has 1 aromatic heterocycles. The highest BCUT2D eigenvalue weighted by Crippen LogP contribution is 2.26. The fourth-order valence-electron chi connectivity index (χ4n) is 1.60. The van der Waals surface area contributed by atoms with E-state index in [1.54, 1.807) is 24.3 Å². The molecular weight excluding hydrogens is 239 g/mol. The first kappa shape index (κ1) is 11.6. The summed E-state index contributed by atoms with van der Waals surface area (Å²) in [6.45, 7) is 0. The lowest BCUT2D eigenvalue weighted by atomic mass is 10.0. The number of aromatic nitrogens is 1. The maximum absolute atomic E-state index is 13.6. The summed E-state index contributed by atoms with van der Waals surface area (Å²) >= 11 is 5.81. The van der Waals surface area contributed by atoms with Gasteiger partial charge in [-0.2, -0.15) is 5.26 Å². The van der Waals surface area contributed by atoms with Crippen LogP contribution in [0.2, 0.25) is 5.02 Å². The van der Waals surface area contributed by atoms with E-state index in [1.165, 1.54) is 12.3 Å². The highest BCUT2D eigenvalue weighted by Gasteiger charge is 2.11. The fraction of sp³-hybridized carbons (Fsp3) is 0.0769. The first-order chi connectivity index (χ1) is 8.22. The molecule has 2 aromatic rings. The van der Waals surface area contributed by atoms with Gasteiger partial charge in [0.05, 0.1) is 23.2 Å². The van der Waals surface area contributed by atoms with Crippen LogP contribution in [-0.4, -0.2) is 4.98 Å². The smallest absolute Gasteiger partial charge is 0.132 e. The largest absolute Gasteiger partial charge is 0.254 e. The Morgan fingerprint density at radius 1 is 1.35 bits per heavy atom. The average Bonchev–Trinajstić information content (AvgIpc) is 2.31. The summed E-state index contributed by atoms with van der Waals surface area (Å²) in [6, 6.07) is 9.99. The monoisotopic (exact) mass is 246 g/mol. The van der Waals surface area contributed by atoms with E-state index in [0.717, 1.165) is 0 Å². The Labute approximate surface area is 103 Å². The lowest BCUT2D eigenvalue weighted by molar-refractivity contribution is 0.630. The minimum atomic E-state index is -0.360. The Balaban J connectivity index is 2.60. The standard InChI is InChI=1S/C13H8ClFN2/c14-10-7-9(5-6-16)13(17-8-10)11-3-1-2-4-12(11)15/h1-4,7-8H,5H2. The molecule has 0 bridgehead atoms. The van der Waals surface area contributed by atoms with E-state index in [0.29, 0.717) is 21.8 Å². The third kappa shape index (κ3) is 2.43. The van der Waals surface area contributed by atoms with Crippen LogP contribution >= 0.6 is 11.6 Å². The van der Waals surface area contributed by atoms with Crippen molar-refractivity contribution in [2.75, 3.05) is 0 Å². The zero-order valence-electron chi connectivity index (χ0n) is 8.82. The van der Waals surface area contributed by atoms with E-state index >= 15 is 0 Å². The highest BCUT2D eigenvalue weighted by atomic mass is 35.5. The van der Waals surface area contributed by atoms with Gasteiger partial charge in [-0.05, 0) is 23.8 Å². The summed E-state index contributed by atoms with van der Waals surface area (Å²) < 4.78 is 13.6. The Morgan fingerprint density at radius 3 is 2.82 bits per heavy atom. The van der Waals surface area contributed by atoms with Crippen molar-refractivity contribution in [1.82, 2.24) is 4.98 Å². The second kappa shape index (κ2) is 4.94. The number of nitrogens with zero attached hydrogens (tertiary/aromatic N) is 2. The number of hydrogen-bond acceptors (Lipinski definition) is 2. The average molecular weight is 247 g/mol. The van der Waals surface area contributed by atoms with Gasteiger partial charge in [-0.25, -0.2) is 4.39 Å². The van der Waals surface area contributed by atoms with Crippen molar-refractivity contribution in [2.24, 2.45) is 0 Å². The Hall–Kier alpha value is -1.92. The van der Waals surface area contributed by atoms with Crippen LogP contribution in [0.5, 0.6) is 0 Å². The summed E-state index contributed by atoms with van der Waals surface area (Å²) in [4.78, 5) is 4.10. The van der Waals surface area contributed by atoms with Gasteiger partial charge in [-0.3, -0.25) is 4.98 Å². The van der Waals surface area contributed by atoms with E-state index in [9.17, 15) is 4.39 Å². The number of halogens is 2. The summed E-state index contributed by atoms with van der Waals surface area (Å²) in [5.74, 6) is -0.360. The fourth-order valence-corrected chi connectivity index (χ4v) is 1.78. The lowest BCUT2D eigenvalue weighted by Crippen LogP contribution is -1.94. The van der Waals surface area contributed by atoms with Crippen LogP contribution in [0.25, 0.3) is 11.3 Å². The maximum Gasteiger partial charge on any atom is 0.132 e. The Kier molecular flexibility index (Phi) is 3.36. The third-order valence-corrected chi connectivity index (χ3v) is 2.54. The van der Waals surface area contributed by atoms with Crippen molar-refractivity contribution in [2.45, 2.75) is 6.42 Å². The number of rotatable bonds is 2. The molecular formula is C13H8ClFN2. The Bertz CT molecular complexity index is 590. The SMILES string of the molecule is N#CCc1cc(Cl)cnc1-c1ccccc1F. The van der Waals surface area contributed by atoms with E-state index in [4.69, 9.17) is 16.9 Å². The second-order valence-electron chi connectivity index (χ2n) is 3.48. The van der Waals surface area contributed by atoms with Crippen molar-refractivity contribution < 1.29 is 4.39 Å². The maximum atomic E-state index is 13.6. The summed E-state index contributed by atoms with van der Waals surface area (Å²) in [5.41, 5.74) is 1.48. The van der Waals surface area contributed by atoms with Crippen molar-refractivity contribution in [3.8, 4) is 17.3 Å². The molecule has 2 nitrogen and oxygen atoms in total. The molecule has 0 aliphatic rings. The van der Waals surface area contributed by atoms with E-state index < -0.39 is 0 Å². The van der Waals surface area contributed by atoms with Crippen LogP contribution in [0.4, 0.5) is 4.39 Å².